The van der Waals surface area contributed by atoms with E-state index in [0.29, 0.717) is 12.5 Å². The van der Waals surface area contributed by atoms with Gasteiger partial charge in [-0.2, -0.15) is 0 Å². The molecule has 0 atom stereocenters. The molecule has 0 saturated heterocycles. The Morgan fingerprint density at radius 3 is 2.62 bits per heavy atom. The van der Waals surface area contributed by atoms with Crippen LogP contribution in [0.4, 0.5) is 0 Å². The summed E-state index contributed by atoms with van der Waals surface area (Å²) in [6, 6.07) is 14.1. The zero-order valence-electron chi connectivity index (χ0n) is 16.9. The van der Waals surface area contributed by atoms with Crippen LogP contribution in [0.2, 0.25) is 0 Å². The molecule has 0 N–H and O–H groups in total. The van der Waals surface area contributed by atoms with Gasteiger partial charge in [-0.15, -0.1) is 10.2 Å². The van der Waals surface area contributed by atoms with E-state index in [-0.39, 0.29) is 0 Å². The van der Waals surface area contributed by atoms with E-state index in [2.05, 4.69) is 46.7 Å². The van der Waals surface area contributed by atoms with Gasteiger partial charge in [0.15, 0.2) is 11.0 Å². The summed E-state index contributed by atoms with van der Waals surface area (Å²) in [4.78, 5) is 4.66. The van der Waals surface area contributed by atoms with Gasteiger partial charge < -0.3 is 13.7 Å². The molecule has 0 saturated carbocycles. The van der Waals surface area contributed by atoms with Crippen LogP contribution in [0.1, 0.15) is 26.5 Å². The van der Waals surface area contributed by atoms with E-state index in [4.69, 9.17) is 4.74 Å². The van der Waals surface area contributed by atoms with Crippen LogP contribution in [0.15, 0.2) is 60.0 Å². The molecule has 0 aliphatic carbocycles. The average molecular weight is 408 g/mol. The highest BCUT2D eigenvalue weighted by Crippen LogP contribution is 2.27. The van der Waals surface area contributed by atoms with Gasteiger partial charge in [0.2, 0.25) is 0 Å². The van der Waals surface area contributed by atoms with Crippen molar-refractivity contribution in [1.82, 2.24) is 24.1 Å². The molecule has 0 radical (unpaired) electrons. The fourth-order valence-corrected chi connectivity index (χ4v) is 3.94. The van der Waals surface area contributed by atoms with E-state index in [1.165, 1.54) is 0 Å². The van der Waals surface area contributed by atoms with E-state index in [1.807, 2.05) is 53.1 Å². The first-order valence-electron chi connectivity index (χ1n) is 9.86. The number of hydrogen-bond donors (Lipinski definition) is 0. The van der Waals surface area contributed by atoms with Crippen LogP contribution in [0.5, 0.6) is 5.75 Å². The maximum Gasteiger partial charge on any atom is 0.191 e. The van der Waals surface area contributed by atoms with Gasteiger partial charge in [0, 0.05) is 30.3 Å². The second-order valence-electron chi connectivity index (χ2n) is 7.27. The molecule has 0 fully saturated rings. The summed E-state index contributed by atoms with van der Waals surface area (Å²) in [7, 11) is 0. The maximum absolute atomic E-state index is 5.78. The molecule has 0 aliphatic rings. The summed E-state index contributed by atoms with van der Waals surface area (Å²) >= 11 is 1.66. The third kappa shape index (κ3) is 4.45. The lowest BCUT2D eigenvalue weighted by Crippen LogP contribution is -2.04. The number of ether oxygens (including phenoxy) is 1. The summed E-state index contributed by atoms with van der Waals surface area (Å²) in [5.74, 6) is 3.01. The van der Waals surface area contributed by atoms with Gasteiger partial charge in [0.05, 0.1) is 12.3 Å². The van der Waals surface area contributed by atoms with E-state index < -0.39 is 0 Å². The van der Waals surface area contributed by atoms with Crippen LogP contribution in [0.3, 0.4) is 0 Å². The van der Waals surface area contributed by atoms with E-state index in [9.17, 15) is 0 Å². The number of thioether (sulfide) groups is 1. The zero-order chi connectivity index (χ0) is 20.2. The lowest BCUT2D eigenvalue weighted by Gasteiger charge is -2.10. The topological polar surface area (TPSA) is 57.2 Å². The Morgan fingerprint density at radius 1 is 1.07 bits per heavy atom. The normalized spacial score (nSPS) is 11.4. The Balaban J connectivity index is 1.48. The minimum Gasteiger partial charge on any atom is -0.493 e. The summed E-state index contributed by atoms with van der Waals surface area (Å²) < 4.78 is 9.96. The van der Waals surface area contributed by atoms with Crippen molar-refractivity contribution in [3.8, 4) is 17.1 Å². The van der Waals surface area contributed by atoms with Crippen molar-refractivity contribution in [1.29, 1.82) is 0 Å². The van der Waals surface area contributed by atoms with E-state index >= 15 is 0 Å². The highest BCUT2D eigenvalue weighted by Gasteiger charge is 2.14. The van der Waals surface area contributed by atoms with Crippen molar-refractivity contribution in [2.75, 3.05) is 6.61 Å². The summed E-state index contributed by atoms with van der Waals surface area (Å²) in [6.07, 6.45) is 4.07. The number of hydrogen-bond acceptors (Lipinski definition) is 5. The first-order chi connectivity index (χ1) is 14.1. The molecular formula is C22H25N5OS. The summed E-state index contributed by atoms with van der Waals surface area (Å²) in [6.45, 7) is 7.92. The number of fused-ring (bicyclic) bond motifs is 1. The fraction of sp³-hybridized carbons (Fsp3) is 0.318. The summed E-state index contributed by atoms with van der Waals surface area (Å²) in [5.41, 5.74) is 3.02. The predicted molar refractivity (Wildman–Crippen MR) is 116 cm³/mol. The molecule has 4 rings (SSSR count). The molecule has 3 heterocycles. The standard InChI is InChI=1S/C22H25N5OS/c1-4-27-21(17-8-10-19(11-9-17)28-14-16(2)3)24-25-22(27)29-15-18-13-26-12-6-5-7-20(26)23-18/h5-13,16H,4,14-15H2,1-3H3. The minimum atomic E-state index is 0.505. The number of nitrogens with zero attached hydrogens (tertiary/aromatic N) is 5. The van der Waals surface area contributed by atoms with Gasteiger partial charge >= 0.3 is 0 Å². The Morgan fingerprint density at radius 2 is 1.90 bits per heavy atom. The molecule has 4 aromatic rings. The molecule has 29 heavy (non-hydrogen) atoms. The number of rotatable bonds is 8. The van der Waals surface area contributed by atoms with Crippen molar-refractivity contribution in [2.24, 2.45) is 5.92 Å². The smallest absolute Gasteiger partial charge is 0.191 e. The minimum absolute atomic E-state index is 0.505. The number of aromatic nitrogens is 5. The zero-order valence-corrected chi connectivity index (χ0v) is 17.8. The maximum atomic E-state index is 5.78. The van der Waals surface area contributed by atoms with Gasteiger partial charge in [0.1, 0.15) is 11.4 Å². The second-order valence-corrected chi connectivity index (χ2v) is 8.21. The Hall–Kier alpha value is -2.80. The number of pyridine rings is 1. The molecule has 1 aromatic carbocycles. The highest BCUT2D eigenvalue weighted by atomic mass is 32.2. The monoisotopic (exact) mass is 407 g/mol. The van der Waals surface area contributed by atoms with Crippen LogP contribution in [-0.4, -0.2) is 30.8 Å². The third-order valence-corrected chi connectivity index (χ3v) is 5.49. The van der Waals surface area contributed by atoms with Crippen LogP contribution < -0.4 is 4.74 Å². The van der Waals surface area contributed by atoms with Crippen LogP contribution in [0, 0.1) is 5.92 Å². The predicted octanol–water partition coefficient (Wildman–Crippen LogP) is 4.94. The third-order valence-electron chi connectivity index (χ3n) is 4.49. The Bertz CT molecular complexity index is 1050. The van der Waals surface area contributed by atoms with E-state index in [1.54, 1.807) is 11.8 Å². The quantitative estimate of drug-likeness (QED) is 0.387. The molecule has 0 amide bonds. The molecule has 0 unspecified atom stereocenters. The molecule has 7 heteroatoms. The van der Waals surface area contributed by atoms with Crippen LogP contribution in [-0.2, 0) is 12.3 Å². The molecule has 0 spiro atoms. The summed E-state index contributed by atoms with van der Waals surface area (Å²) in [5, 5.41) is 9.77. The van der Waals surface area contributed by atoms with Crippen LogP contribution >= 0.6 is 11.8 Å². The molecule has 6 nitrogen and oxygen atoms in total. The molecular weight excluding hydrogens is 382 g/mol. The van der Waals surface area contributed by atoms with Gasteiger partial charge in [-0.25, -0.2) is 4.98 Å². The van der Waals surface area contributed by atoms with Gasteiger partial charge in [0.25, 0.3) is 0 Å². The van der Waals surface area contributed by atoms with Gasteiger partial charge in [-0.05, 0) is 49.2 Å². The highest BCUT2D eigenvalue weighted by molar-refractivity contribution is 7.98. The van der Waals surface area contributed by atoms with Crippen molar-refractivity contribution >= 4 is 17.4 Å². The van der Waals surface area contributed by atoms with Crippen molar-refractivity contribution in [3.05, 3.63) is 60.6 Å². The number of benzene rings is 1. The number of imidazole rings is 1. The van der Waals surface area contributed by atoms with Crippen molar-refractivity contribution in [3.63, 3.8) is 0 Å². The van der Waals surface area contributed by atoms with Crippen molar-refractivity contribution in [2.45, 2.75) is 38.2 Å². The fourth-order valence-electron chi connectivity index (χ4n) is 3.05. The first-order valence-corrected chi connectivity index (χ1v) is 10.8. The molecule has 150 valence electrons. The van der Waals surface area contributed by atoms with Gasteiger partial charge in [-0.3, -0.25) is 0 Å². The molecule has 0 bridgehead atoms. The Kier molecular flexibility index (Phi) is 5.85. The van der Waals surface area contributed by atoms with E-state index in [0.717, 1.165) is 45.9 Å². The lowest BCUT2D eigenvalue weighted by atomic mass is 10.2. The van der Waals surface area contributed by atoms with Gasteiger partial charge in [-0.1, -0.05) is 31.7 Å². The first kappa shape index (κ1) is 19.5. The lowest BCUT2D eigenvalue weighted by molar-refractivity contribution is 0.271. The SMILES string of the molecule is CCn1c(SCc2cn3ccccc3n2)nnc1-c1ccc(OCC(C)C)cc1. The average Bonchev–Trinajstić information content (AvgIpc) is 3.34. The molecule has 3 aromatic heterocycles. The molecule has 0 aliphatic heterocycles. The van der Waals surface area contributed by atoms with Crippen LogP contribution in [0.25, 0.3) is 17.0 Å². The second kappa shape index (κ2) is 8.69. The Labute approximate surface area is 175 Å². The van der Waals surface area contributed by atoms with Crippen molar-refractivity contribution < 1.29 is 4.74 Å². The largest absolute Gasteiger partial charge is 0.493 e.